The van der Waals surface area contributed by atoms with Crippen LogP contribution in [-0.4, -0.2) is 10.9 Å². The second-order valence-corrected chi connectivity index (χ2v) is 7.03. The van der Waals surface area contributed by atoms with Crippen molar-refractivity contribution in [3.05, 3.63) is 60.6 Å². The van der Waals surface area contributed by atoms with E-state index in [1.165, 1.54) is 0 Å². The molecule has 1 amide bonds. The molecule has 0 saturated carbocycles. The molecule has 21 heavy (non-hydrogen) atoms. The lowest BCUT2D eigenvalue weighted by atomic mass is 10.2. The summed E-state index contributed by atoms with van der Waals surface area (Å²) in [6.45, 7) is 0. The standard InChI is InChI=1S/C14H9BrClIN2OS/c15-10-5-7(13(18)21)1-4-12(10)19-14(20)9-6-8(16)2-3-11(9)17/h1-6H,(H2,18,21)(H,19,20). The first-order chi connectivity index (χ1) is 9.88. The molecule has 0 spiro atoms. The maximum Gasteiger partial charge on any atom is 0.256 e. The summed E-state index contributed by atoms with van der Waals surface area (Å²) in [6.07, 6.45) is 0. The van der Waals surface area contributed by atoms with Crippen LogP contribution in [-0.2, 0) is 0 Å². The van der Waals surface area contributed by atoms with Crippen molar-refractivity contribution in [2.75, 3.05) is 5.32 Å². The third-order valence-electron chi connectivity index (χ3n) is 2.67. The zero-order valence-electron chi connectivity index (χ0n) is 10.5. The number of nitrogens with one attached hydrogen (secondary N) is 1. The first-order valence-corrected chi connectivity index (χ1v) is 8.40. The van der Waals surface area contributed by atoms with Gasteiger partial charge < -0.3 is 11.1 Å². The van der Waals surface area contributed by atoms with E-state index in [1.807, 2.05) is 0 Å². The zero-order valence-corrected chi connectivity index (χ0v) is 15.8. The lowest BCUT2D eigenvalue weighted by Crippen LogP contribution is -2.14. The van der Waals surface area contributed by atoms with Gasteiger partial charge in [0.1, 0.15) is 4.99 Å². The van der Waals surface area contributed by atoms with Gasteiger partial charge in [0.15, 0.2) is 0 Å². The second kappa shape index (κ2) is 7.04. The molecule has 0 aliphatic heterocycles. The van der Waals surface area contributed by atoms with E-state index in [4.69, 9.17) is 29.6 Å². The van der Waals surface area contributed by atoms with Crippen molar-refractivity contribution in [1.82, 2.24) is 0 Å². The fourth-order valence-corrected chi connectivity index (χ4v) is 2.99. The maximum absolute atomic E-state index is 12.3. The van der Waals surface area contributed by atoms with Gasteiger partial charge in [0.2, 0.25) is 0 Å². The molecule has 2 aromatic carbocycles. The Kier molecular flexibility index (Phi) is 5.59. The van der Waals surface area contributed by atoms with Gasteiger partial charge in [-0.25, -0.2) is 0 Å². The van der Waals surface area contributed by atoms with Crippen LogP contribution in [0.3, 0.4) is 0 Å². The topological polar surface area (TPSA) is 55.1 Å². The van der Waals surface area contributed by atoms with Gasteiger partial charge in [-0.05, 0) is 74.9 Å². The van der Waals surface area contributed by atoms with Crippen molar-refractivity contribution in [2.24, 2.45) is 5.73 Å². The number of carbonyl (C=O) groups is 1. The quantitative estimate of drug-likeness (QED) is 0.484. The Balaban J connectivity index is 2.27. The maximum atomic E-state index is 12.3. The number of anilines is 1. The third kappa shape index (κ3) is 4.15. The average Bonchev–Trinajstić information content (AvgIpc) is 2.43. The summed E-state index contributed by atoms with van der Waals surface area (Å²) in [5.41, 5.74) is 7.45. The molecule has 0 radical (unpaired) electrons. The minimum atomic E-state index is -0.231. The van der Waals surface area contributed by atoms with Gasteiger partial charge >= 0.3 is 0 Å². The summed E-state index contributed by atoms with van der Waals surface area (Å²) in [5, 5.41) is 3.34. The highest BCUT2D eigenvalue weighted by molar-refractivity contribution is 14.1. The van der Waals surface area contributed by atoms with E-state index in [0.717, 1.165) is 9.13 Å². The summed E-state index contributed by atoms with van der Waals surface area (Å²) in [5.74, 6) is -0.231. The van der Waals surface area contributed by atoms with Gasteiger partial charge in [-0.3, -0.25) is 4.79 Å². The van der Waals surface area contributed by atoms with Crippen LogP contribution in [0.25, 0.3) is 0 Å². The van der Waals surface area contributed by atoms with Crippen LogP contribution >= 0.6 is 62.3 Å². The molecular formula is C14H9BrClIN2OS. The van der Waals surface area contributed by atoms with Crippen LogP contribution < -0.4 is 11.1 Å². The first-order valence-electron chi connectivity index (χ1n) is 5.74. The number of hydrogen-bond donors (Lipinski definition) is 2. The van der Waals surface area contributed by atoms with Crippen LogP contribution in [0.5, 0.6) is 0 Å². The van der Waals surface area contributed by atoms with Crippen molar-refractivity contribution in [1.29, 1.82) is 0 Å². The molecule has 0 heterocycles. The molecule has 0 atom stereocenters. The van der Waals surface area contributed by atoms with Gasteiger partial charge in [0, 0.05) is 18.6 Å². The molecule has 2 aromatic rings. The molecule has 3 N–H and O–H groups in total. The van der Waals surface area contributed by atoms with Crippen molar-refractivity contribution >= 4 is 78.9 Å². The molecular weight excluding hydrogens is 486 g/mol. The van der Waals surface area contributed by atoms with Gasteiger partial charge in [-0.1, -0.05) is 23.8 Å². The van der Waals surface area contributed by atoms with E-state index in [9.17, 15) is 4.79 Å². The second-order valence-electron chi connectivity index (χ2n) is 4.14. The molecule has 0 saturated heterocycles. The van der Waals surface area contributed by atoms with Crippen LogP contribution in [0, 0.1) is 3.57 Å². The lowest BCUT2D eigenvalue weighted by molar-refractivity contribution is 0.102. The third-order valence-corrected chi connectivity index (χ3v) is 4.74. The Labute approximate surface area is 154 Å². The molecule has 0 unspecified atom stereocenters. The number of benzene rings is 2. The number of halogens is 3. The van der Waals surface area contributed by atoms with Crippen LogP contribution in [0.15, 0.2) is 40.9 Å². The summed E-state index contributed by atoms with van der Waals surface area (Å²) >= 11 is 16.3. The van der Waals surface area contributed by atoms with E-state index in [1.54, 1.807) is 36.4 Å². The van der Waals surface area contributed by atoms with Gasteiger partial charge in [-0.15, -0.1) is 0 Å². The Morgan fingerprint density at radius 2 is 2.00 bits per heavy atom. The number of carbonyl (C=O) groups excluding carboxylic acids is 1. The van der Waals surface area contributed by atoms with Crippen LogP contribution in [0.1, 0.15) is 15.9 Å². The van der Waals surface area contributed by atoms with E-state index < -0.39 is 0 Å². The lowest BCUT2D eigenvalue weighted by Gasteiger charge is -2.10. The molecule has 0 aliphatic carbocycles. The van der Waals surface area contributed by atoms with E-state index in [2.05, 4.69) is 43.8 Å². The highest BCUT2D eigenvalue weighted by Gasteiger charge is 2.13. The summed E-state index contributed by atoms with van der Waals surface area (Å²) in [6, 6.07) is 10.4. The van der Waals surface area contributed by atoms with Crippen molar-refractivity contribution in [3.8, 4) is 0 Å². The van der Waals surface area contributed by atoms with Gasteiger partial charge in [-0.2, -0.15) is 0 Å². The predicted octanol–water partition coefficient (Wildman–Crippen LogP) is 4.59. The smallest absolute Gasteiger partial charge is 0.256 e. The van der Waals surface area contributed by atoms with Crippen LogP contribution in [0.2, 0.25) is 5.02 Å². The summed E-state index contributed by atoms with van der Waals surface area (Å²) in [7, 11) is 0. The van der Waals surface area contributed by atoms with Crippen molar-refractivity contribution < 1.29 is 4.79 Å². The first kappa shape index (κ1) is 16.7. The highest BCUT2D eigenvalue weighted by Crippen LogP contribution is 2.25. The largest absolute Gasteiger partial charge is 0.389 e. The SMILES string of the molecule is NC(=S)c1ccc(NC(=O)c2cc(Cl)ccc2I)c(Br)c1. The molecule has 108 valence electrons. The number of hydrogen-bond acceptors (Lipinski definition) is 2. The molecule has 3 nitrogen and oxygen atoms in total. The number of thiocarbonyl (C=S) groups is 1. The Morgan fingerprint density at radius 3 is 2.62 bits per heavy atom. The Hall–Kier alpha value is -0.700. The monoisotopic (exact) mass is 494 g/mol. The predicted molar refractivity (Wildman–Crippen MR) is 102 cm³/mol. The summed E-state index contributed by atoms with van der Waals surface area (Å²) in [4.78, 5) is 12.6. The fourth-order valence-electron chi connectivity index (χ4n) is 1.63. The zero-order chi connectivity index (χ0) is 15.6. The van der Waals surface area contributed by atoms with Gasteiger partial charge in [0.05, 0.1) is 11.3 Å². The number of rotatable bonds is 3. The molecule has 0 fully saturated rings. The summed E-state index contributed by atoms with van der Waals surface area (Å²) < 4.78 is 1.53. The molecule has 0 bridgehead atoms. The fraction of sp³-hybridized carbons (Fsp3) is 0. The van der Waals surface area contributed by atoms with Crippen molar-refractivity contribution in [2.45, 2.75) is 0 Å². The Morgan fingerprint density at radius 1 is 1.29 bits per heavy atom. The van der Waals surface area contributed by atoms with E-state index >= 15 is 0 Å². The normalized spacial score (nSPS) is 10.2. The number of nitrogens with two attached hydrogens (primary N) is 1. The van der Waals surface area contributed by atoms with Crippen LogP contribution in [0.4, 0.5) is 5.69 Å². The molecule has 7 heteroatoms. The molecule has 0 aliphatic rings. The van der Waals surface area contributed by atoms with Gasteiger partial charge in [0.25, 0.3) is 5.91 Å². The highest BCUT2D eigenvalue weighted by atomic mass is 127. The molecule has 0 aromatic heterocycles. The van der Waals surface area contributed by atoms with E-state index in [-0.39, 0.29) is 5.91 Å². The average molecular weight is 496 g/mol. The molecule has 2 rings (SSSR count). The van der Waals surface area contributed by atoms with E-state index in [0.29, 0.717) is 25.7 Å². The number of amides is 1. The minimum Gasteiger partial charge on any atom is -0.389 e. The Bertz CT molecular complexity index is 739. The van der Waals surface area contributed by atoms with Crippen molar-refractivity contribution in [3.63, 3.8) is 0 Å². The minimum absolute atomic E-state index is 0.231.